The second-order valence-corrected chi connectivity index (χ2v) is 6.69. The zero-order valence-corrected chi connectivity index (χ0v) is 14.2. The van der Waals surface area contributed by atoms with Crippen molar-refractivity contribution in [1.29, 1.82) is 0 Å². The average Bonchev–Trinajstić information content (AvgIpc) is 3.21. The molecular formula is C16H33N3O2. The molecular weight excluding hydrogens is 266 g/mol. The number of rotatable bonds is 12. The molecule has 0 aliphatic heterocycles. The molecule has 0 radical (unpaired) electrons. The Labute approximate surface area is 129 Å². The van der Waals surface area contributed by atoms with Crippen LogP contribution in [0.3, 0.4) is 0 Å². The molecule has 5 nitrogen and oxygen atoms in total. The molecule has 0 heterocycles. The van der Waals surface area contributed by atoms with Gasteiger partial charge in [0.15, 0.2) is 0 Å². The van der Waals surface area contributed by atoms with E-state index in [0.717, 1.165) is 39.0 Å². The van der Waals surface area contributed by atoms with Crippen molar-refractivity contribution in [3.63, 3.8) is 0 Å². The minimum absolute atomic E-state index is 0.227. The van der Waals surface area contributed by atoms with Crippen molar-refractivity contribution >= 4 is 5.91 Å². The number of amides is 1. The normalized spacial score (nSPS) is 18.2. The van der Waals surface area contributed by atoms with Crippen molar-refractivity contribution in [2.45, 2.75) is 70.5 Å². The molecule has 1 saturated carbocycles. The van der Waals surface area contributed by atoms with Crippen molar-refractivity contribution in [3.05, 3.63) is 0 Å². The fraction of sp³-hybridized carbons (Fsp3) is 0.938. The van der Waals surface area contributed by atoms with Crippen LogP contribution in [0.1, 0.15) is 52.9 Å². The number of methoxy groups -OCH3 is 1. The predicted molar refractivity (Wildman–Crippen MR) is 86.2 cm³/mol. The monoisotopic (exact) mass is 299 g/mol. The second kappa shape index (κ2) is 8.71. The summed E-state index contributed by atoms with van der Waals surface area (Å²) in [6.07, 6.45) is 5.24. The zero-order valence-electron chi connectivity index (χ0n) is 14.2. The van der Waals surface area contributed by atoms with E-state index < -0.39 is 5.54 Å². The molecule has 1 aliphatic rings. The molecule has 0 spiro atoms. The summed E-state index contributed by atoms with van der Waals surface area (Å²) in [5, 5.41) is 3.40. The van der Waals surface area contributed by atoms with Gasteiger partial charge in [-0.1, -0.05) is 0 Å². The van der Waals surface area contributed by atoms with Crippen LogP contribution in [0.4, 0.5) is 0 Å². The lowest BCUT2D eigenvalue weighted by atomic mass is 9.93. The number of primary amides is 1. The third kappa shape index (κ3) is 6.76. The van der Waals surface area contributed by atoms with Crippen molar-refractivity contribution in [2.75, 3.05) is 26.8 Å². The highest BCUT2D eigenvalue weighted by Crippen LogP contribution is 2.25. The van der Waals surface area contributed by atoms with Crippen LogP contribution in [0.5, 0.6) is 0 Å². The number of carbonyl (C=O) groups is 1. The molecule has 1 fully saturated rings. The van der Waals surface area contributed by atoms with Gasteiger partial charge in [0.2, 0.25) is 5.91 Å². The van der Waals surface area contributed by atoms with Crippen molar-refractivity contribution in [2.24, 2.45) is 5.73 Å². The molecule has 1 rings (SSSR count). The van der Waals surface area contributed by atoms with E-state index in [2.05, 4.69) is 24.1 Å². The molecule has 1 atom stereocenters. The molecule has 124 valence electrons. The van der Waals surface area contributed by atoms with Gasteiger partial charge in [-0.3, -0.25) is 9.69 Å². The Hall–Kier alpha value is -0.650. The van der Waals surface area contributed by atoms with Gasteiger partial charge in [0.25, 0.3) is 0 Å². The summed E-state index contributed by atoms with van der Waals surface area (Å²) in [5.74, 6) is -0.227. The van der Waals surface area contributed by atoms with Crippen LogP contribution in [0.15, 0.2) is 0 Å². The SMILES string of the molecule is COCCN(CCCCC(C)(NC1CC1)C(N)=O)C(C)C. The summed E-state index contributed by atoms with van der Waals surface area (Å²) in [4.78, 5) is 14.1. The Kier molecular flexibility index (Phi) is 7.63. The number of nitrogens with zero attached hydrogens (tertiary/aromatic N) is 1. The van der Waals surface area contributed by atoms with Gasteiger partial charge in [-0.2, -0.15) is 0 Å². The first kappa shape index (κ1) is 18.4. The van der Waals surface area contributed by atoms with E-state index in [9.17, 15) is 4.79 Å². The lowest BCUT2D eigenvalue weighted by Gasteiger charge is -2.29. The fourth-order valence-electron chi connectivity index (χ4n) is 2.57. The summed E-state index contributed by atoms with van der Waals surface area (Å²) in [7, 11) is 1.74. The molecule has 0 bridgehead atoms. The number of nitrogens with one attached hydrogen (secondary N) is 1. The van der Waals surface area contributed by atoms with E-state index in [1.165, 1.54) is 12.8 Å². The van der Waals surface area contributed by atoms with Gasteiger partial charge in [-0.25, -0.2) is 0 Å². The van der Waals surface area contributed by atoms with Crippen molar-refractivity contribution < 1.29 is 9.53 Å². The quantitative estimate of drug-likeness (QED) is 0.536. The molecule has 21 heavy (non-hydrogen) atoms. The van der Waals surface area contributed by atoms with Crippen LogP contribution >= 0.6 is 0 Å². The van der Waals surface area contributed by atoms with E-state index in [-0.39, 0.29) is 5.91 Å². The number of nitrogens with two attached hydrogens (primary N) is 1. The van der Waals surface area contributed by atoms with Gasteiger partial charge < -0.3 is 15.8 Å². The van der Waals surface area contributed by atoms with Crippen LogP contribution < -0.4 is 11.1 Å². The van der Waals surface area contributed by atoms with Crippen LogP contribution in [0.25, 0.3) is 0 Å². The number of hydrogen-bond acceptors (Lipinski definition) is 4. The van der Waals surface area contributed by atoms with Crippen LogP contribution in [0.2, 0.25) is 0 Å². The maximum Gasteiger partial charge on any atom is 0.237 e. The highest BCUT2D eigenvalue weighted by molar-refractivity contribution is 5.84. The largest absolute Gasteiger partial charge is 0.383 e. The van der Waals surface area contributed by atoms with Crippen molar-refractivity contribution in [3.8, 4) is 0 Å². The van der Waals surface area contributed by atoms with Gasteiger partial charge in [0.1, 0.15) is 0 Å². The number of hydrogen-bond donors (Lipinski definition) is 2. The molecule has 3 N–H and O–H groups in total. The first-order valence-corrected chi connectivity index (χ1v) is 8.19. The summed E-state index contributed by atoms with van der Waals surface area (Å²) in [6, 6.07) is 1.02. The number of unbranched alkanes of at least 4 members (excludes halogenated alkanes) is 1. The predicted octanol–water partition coefficient (Wildman–Crippen LogP) is 1.51. The van der Waals surface area contributed by atoms with Gasteiger partial charge in [0, 0.05) is 25.7 Å². The summed E-state index contributed by atoms with van der Waals surface area (Å²) in [6.45, 7) is 9.12. The third-order valence-corrected chi connectivity index (χ3v) is 4.33. The van der Waals surface area contributed by atoms with Crippen LogP contribution in [-0.2, 0) is 9.53 Å². The summed E-state index contributed by atoms with van der Waals surface area (Å²) in [5.41, 5.74) is 5.03. The Bertz CT molecular complexity index is 319. The maximum atomic E-state index is 11.7. The molecule has 5 heteroatoms. The van der Waals surface area contributed by atoms with E-state index in [0.29, 0.717) is 12.1 Å². The Balaban J connectivity index is 2.30. The highest BCUT2D eigenvalue weighted by Gasteiger charge is 2.36. The fourth-order valence-corrected chi connectivity index (χ4v) is 2.57. The van der Waals surface area contributed by atoms with Gasteiger partial charge >= 0.3 is 0 Å². The van der Waals surface area contributed by atoms with E-state index in [1.807, 2.05) is 6.92 Å². The van der Waals surface area contributed by atoms with Gasteiger partial charge in [0.05, 0.1) is 12.1 Å². The molecule has 1 unspecified atom stereocenters. The lowest BCUT2D eigenvalue weighted by molar-refractivity contribution is -0.124. The molecule has 0 saturated heterocycles. The first-order valence-electron chi connectivity index (χ1n) is 8.19. The van der Waals surface area contributed by atoms with Crippen LogP contribution in [-0.4, -0.2) is 55.2 Å². The molecule has 0 aromatic carbocycles. The second-order valence-electron chi connectivity index (χ2n) is 6.69. The van der Waals surface area contributed by atoms with Crippen molar-refractivity contribution in [1.82, 2.24) is 10.2 Å². The average molecular weight is 299 g/mol. The minimum atomic E-state index is -0.545. The minimum Gasteiger partial charge on any atom is -0.383 e. The van der Waals surface area contributed by atoms with Gasteiger partial charge in [-0.15, -0.1) is 0 Å². The maximum absolute atomic E-state index is 11.7. The molecule has 0 aromatic heterocycles. The number of carbonyl (C=O) groups excluding carboxylic acids is 1. The third-order valence-electron chi connectivity index (χ3n) is 4.33. The van der Waals surface area contributed by atoms with Crippen LogP contribution in [0, 0.1) is 0 Å². The number of ether oxygens (including phenoxy) is 1. The van der Waals surface area contributed by atoms with E-state index >= 15 is 0 Å². The highest BCUT2D eigenvalue weighted by atomic mass is 16.5. The first-order chi connectivity index (χ1) is 9.89. The molecule has 0 aromatic rings. The Morgan fingerprint density at radius 1 is 1.38 bits per heavy atom. The smallest absolute Gasteiger partial charge is 0.237 e. The van der Waals surface area contributed by atoms with E-state index in [1.54, 1.807) is 7.11 Å². The summed E-state index contributed by atoms with van der Waals surface area (Å²) < 4.78 is 5.15. The molecule has 1 aliphatic carbocycles. The standard InChI is InChI=1S/C16H33N3O2/c1-13(2)19(11-12-21-4)10-6-5-9-16(3,15(17)20)18-14-7-8-14/h13-14,18H,5-12H2,1-4H3,(H2,17,20). The molecule has 1 amide bonds. The van der Waals surface area contributed by atoms with E-state index in [4.69, 9.17) is 10.5 Å². The Morgan fingerprint density at radius 2 is 2.05 bits per heavy atom. The topological polar surface area (TPSA) is 67.6 Å². The van der Waals surface area contributed by atoms with Gasteiger partial charge in [-0.05, 0) is 59.4 Å². The summed E-state index contributed by atoms with van der Waals surface area (Å²) >= 11 is 0. The lowest BCUT2D eigenvalue weighted by Crippen LogP contribution is -2.54. The zero-order chi connectivity index (χ0) is 15.9. The Morgan fingerprint density at radius 3 is 2.52 bits per heavy atom.